The highest BCUT2D eigenvalue weighted by Gasteiger charge is 2.32. The fourth-order valence-corrected chi connectivity index (χ4v) is 2.42. The van der Waals surface area contributed by atoms with Crippen LogP contribution >= 0.6 is 12.4 Å². The van der Waals surface area contributed by atoms with Gasteiger partial charge in [-0.25, -0.2) is 0 Å². The van der Waals surface area contributed by atoms with Crippen LogP contribution < -0.4 is 11.1 Å². The Hall–Kier alpha value is -1.27. The number of alkyl halides is 3. The third kappa shape index (κ3) is 4.35. The van der Waals surface area contributed by atoms with Crippen LogP contribution in [0, 0.1) is 12.8 Å². The largest absolute Gasteiger partial charge is 0.416 e. The van der Waals surface area contributed by atoms with Crippen LogP contribution in [0.1, 0.15) is 30.4 Å². The molecule has 0 aromatic heterocycles. The van der Waals surface area contributed by atoms with E-state index >= 15 is 0 Å². The molecule has 0 saturated heterocycles. The van der Waals surface area contributed by atoms with Gasteiger partial charge < -0.3 is 11.1 Å². The van der Waals surface area contributed by atoms with Gasteiger partial charge in [0.25, 0.3) is 0 Å². The summed E-state index contributed by atoms with van der Waals surface area (Å²) in [7, 11) is 0. The van der Waals surface area contributed by atoms with Gasteiger partial charge in [-0.05, 0) is 43.9 Å². The summed E-state index contributed by atoms with van der Waals surface area (Å²) in [6.45, 7) is 1.66. The van der Waals surface area contributed by atoms with Gasteiger partial charge in [0.15, 0.2) is 0 Å². The molecule has 0 radical (unpaired) electrons. The SMILES string of the molecule is Cc1ccc(C(F)(F)F)cc1NC(=O)C1CCC(N)C1.Cl. The van der Waals surface area contributed by atoms with E-state index in [1.807, 2.05) is 0 Å². The van der Waals surface area contributed by atoms with E-state index in [2.05, 4.69) is 5.32 Å². The van der Waals surface area contributed by atoms with Gasteiger partial charge in [0.2, 0.25) is 5.91 Å². The number of carbonyl (C=O) groups excluding carboxylic acids is 1. The van der Waals surface area contributed by atoms with Crippen LogP contribution in [0.3, 0.4) is 0 Å². The zero-order valence-electron chi connectivity index (χ0n) is 11.5. The molecule has 2 atom stereocenters. The van der Waals surface area contributed by atoms with E-state index in [4.69, 9.17) is 5.73 Å². The van der Waals surface area contributed by atoms with Crippen LogP contribution in [0.25, 0.3) is 0 Å². The minimum atomic E-state index is -4.41. The topological polar surface area (TPSA) is 55.1 Å². The lowest BCUT2D eigenvalue weighted by Crippen LogP contribution is -2.23. The molecule has 3 N–H and O–H groups in total. The van der Waals surface area contributed by atoms with Crippen LogP contribution in [0.5, 0.6) is 0 Å². The Morgan fingerprint density at radius 2 is 2.00 bits per heavy atom. The molecule has 21 heavy (non-hydrogen) atoms. The van der Waals surface area contributed by atoms with Crippen molar-refractivity contribution in [2.45, 2.75) is 38.4 Å². The van der Waals surface area contributed by atoms with Crippen LogP contribution in [-0.4, -0.2) is 11.9 Å². The van der Waals surface area contributed by atoms with Gasteiger partial charge in [0.1, 0.15) is 0 Å². The van der Waals surface area contributed by atoms with Crippen molar-refractivity contribution < 1.29 is 18.0 Å². The Kier molecular flexibility index (Phi) is 5.64. The average molecular weight is 323 g/mol. The van der Waals surface area contributed by atoms with Gasteiger partial charge in [0, 0.05) is 17.6 Å². The zero-order valence-corrected chi connectivity index (χ0v) is 12.4. The van der Waals surface area contributed by atoms with Crippen molar-refractivity contribution in [3.63, 3.8) is 0 Å². The summed E-state index contributed by atoms with van der Waals surface area (Å²) in [5.41, 5.74) is 5.79. The third-order valence-electron chi connectivity index (χ3n) is 3.67. The van der Waals surface area contributed by atoms with Crippen molar-refractivity contribution in [2.75, 3.05) is 5.32 Å². The minimum Gasteiger partial charge on any atom is -0.328 e. The van der Waals surface area contributed by atoms with E-state index in [-0.39, 0.29) is 36.0 Å². The Morgan fingerprint density at radius 1 is 1.33 bits per heavy atom. The number of nitrogens with one attached hydrogen (secondary N) is 1. The van der Waals surface area contributed by atoms with Gasteiger partial charge in [-0.2, -0.15) is 13.2 Å². The molecule has 0 aliphatic heterocycles. The maximum atomic E-state index is 12.7. The number of amides is 1. The summed E-state index contributed by atoms with van der Waals surface area (Å²) < 4.78 is 38.0. The number of hydrogen-bond acceptors (Lipinski definition) is 2. The number of aryl methyl sites for hydroxylation is 1. The first-order chi connectivity index (χ1) is 9.27. The number of nitrogens with two attached hydrogens (primary N) is 1. The first-order valence-electron chi connectivity index (χ1n) is 6.51. The number of hydrogen-bond donors (Lipinski definition) is 2. The van der Waals surface area contributed by atoms with Crippen LogP contribution in [0.15, 0.2) is 18.2 Å². The summed E-state index contributed by atoms with van der Waals surface area (Å²) in [4.78, 5) is 12.0. The molecule has 1 aliphatic carbocycles. The quantitative estimate of drug-likeness (QED) is 0.875. The van der Waals surface area contributed by atoms with Crippen LogP contribution in [0.2, 0.25) is 0 Å². The summed E-state index contributed by atoms with van der Waals surface area (Å²) >= 11 is 0. The molecule has 118 valence electrons. The lowest BCUT2D eigenvalue weighted by atomic mass is 10.1. The summed E-state index contributed by atoms with van der Waals surface area (Å²) in [5, 5.41) is 2.59. The molecule has 1 aromatic rings. The third-order valence-corrected chi connectivity index (χ3v) is 3.67. The normalized spacial score (nSPS) is 21.8. The van der Waals surface area contributed by atoms with Crippen molar-refractivity contribution in [3.8, 4) is 0 Å². The Labute approximate surface area is 127 Å². The Balaban J connectivity index is 0.00000220. The van der Waals surface area contributed by atoms with Gasteiger partial charge >= 0.3 is 6.18 Å². The summed E-state index contributed by atoms with van der Waals surface area (Å²) in [5.74, 6) is -0.459. The monoisotopic (exact) mass is 322 g/mol. The predicted octanol–water partition coefficient (Wildman–Crippen LogP) is 3.50. The van der Waals surface area contributed by atoms with Gasteiger partial charge in [-0.3, -0.25) is 4.79 Å². The molecular formula is C14H18ClF3N2O. The highest BCUT2D eigenvalue weighted by Crippen LogP contribution is 2.32. The summed E-state index contributed by atoms with van der Waals surface area (Å²) in [6.07, 6.45) is -2.36. The fourth-order valence-electron chi connectivity index (χ4n) is 2.42. The second kappa shape index (κ2) is 6.66. The number of benzene rings is 1. The van der Waals surface area contributed by atoms with Crippen molar-refractivity contribution in [2.24, 2.45) is 11.7 Å². The second-order valence-corrected chi connectivity index (χ2v) is 5.29. The number of rotatable bonds is 2. The first kappa shape index (κ1) is 17.8. The molecule has 0 heterocycles. The first-order valence-corrected chi connectivity index (χ1v) is 6.51. The highest BCUT2D eigenvalue weighted by molar-refractivity contribution is 5.93. The number of carbonyl (C=O) groups is 1. The highest BCUT2D eigenvalue weighted by atomic mass is 35.5. The minimum absolute atomic E-state index is 0. The molecule has 2 unspecified atom stereocenters. The van der Waals surface area contributed by atoms with E-state index < -0.39 is 11.7 Å². The Bertz CT molecular complexity index is 519. The molecule has 1 amide bonds. The second-order valence-electron chi connectivity index (χ2n) is 5.29. The van der Waals surface area contributed by atoms with E-state index in [1.165, 1.54) is 6.07 Å². The van der Waals surface area contributed by atoms with E-state index in [0.29, 0.717) is 18.4 Å². The lowest BCUT2D eigenvalue weighted by Gasteiger charge is -2.15. The van der Waals surface area contributed by atoms with E-state index in [0.717, 1.165) is 18.6 Å². The molecular weight excluding hydrogens is 305 g/mol. The van der Waals surface area contributed by atoms with E-state index in [9.17, 15) is 18.0 Å². The number of anilines is 1. The van der Waals surface area contributed by atoms with Crippen LogP contribution in [-0.2, 0) is 11.0 Å². The maximum absolute atomic E-state index is 12.7. The summed E-state index contributed by atoms with van der Waals surface area (Å²) in [6, 6.07) is 3.35. The maximum Gasteiger partial charge on any atom is 0.416 e. The van der Waals surface area contributed by atoms with E-state index in [1.54, 1.807) is 6.92 Å². The van der Waals surface area contributed by atoms with Crippen molar-refractivity contribution >= 4 is 24.0 Å². The molecule has 0 spiro atoms. The molecule has 7 heteroatoms. The standard InChI is InChI=1S/C14H17F3N2O.ClH/c1-8-2-4-10(14(15,16)17)7-12(8)19-13(20)9-3-5-11(18)6-9;/h2,4,7,9,11H,3,5-6,18H2,1H3,(H,19,20);1H. The van der Waals surface area contributed by atoms with Gasteiger partial charge in [-0.15, -0.1) is 12.4 Å². The molecule has 1 saturated carbocycles. The zero-order chi connectivity index (χ0) is 14.9. The molecule has 2 rings (SSSR count). The number of halogens is 4. The molecule has 1 aliphatic rings. The van der Waals surface area contributed by atoms with Crippen molar-refractivity contribution in [1.29, 1.82) is 0 Å². The van der Waals surface area contributed by atoms with Gasteiger partial charge in [-0.1, -0.05) is 6.07 Å². The fraction of sp³-hybridized carbons (Fsp3) is 0.500. The lowest BCUT2D eigenvalue weighted by molar-refractivity contribution is -0.137. The predicted molar refractivity (Wildman–Crippen MR) is 77.4 cm³/mol. The average Bonchev–Trinajstić information content (AvgIpc) is 2.77. The smallest absolute Gasteiger partial charge is 0.328 e. The van der Waals surface area contributed by atoms with Crippen molar-refractivity contribution in [3.05, 3.63) is 29.3 Å². The Morgan fingerprint density at radius 3 is 2.52 bits per heavy atom. The molecule has 1 aromatic carbocycles. The molecule has 0 bridgehead atoms. The van der Waals surface area contributed by atoms with Crippen LogP contribution in [0.4, 0.5) is 18.9 Å². The molecule has 1 fully saturated rings. The molecule has 3 nitrogen and oxygen atoms in total. The van der Waals surface area contributed by atoms with Crippen molar-refractivity contribution in [1.82, 2.24) is 0 Å². The van der Waals surface area contributed by atoms with Gasteiger partial charge in [0.05, 0.1) is 5.56 Å².